The van der Waals surface area contributed by atoms with Gasteiger partial charge in [0, 0.05) is 25.2 Å². The lowest BCUT2D eigenvalue weighted by atomic mass is 10.0. The van der Waals surface area contributed by atoms with Crippen LogP contribution < -0.4 is 15.4 Å². The normalized spacial score (nSPS) is 22.6. The van der Waals surface area contributed by atoms with Crippen LogP contribution in [-0.2, 0) is 14.3 Å². The number of ether oxygens (including phenoxy) is 2. The van der Waals surface area contributed by atoms with Crippen molar-refractivity contribution in [1.82, 2.24) is 20.4 Å². The molecule has 4 rings (SSSR count). The van der Waals surface area contributed by atoms with Crippen LogP contribution in [0.25, 0.3) is 0 Å². The molecule has 10 heteroatoms. The second-order valence-electron chi connectivity index (χ2n) is 11.4. The van der Waals surface area contributed by atoms with Crippen LogP contribution >= 0.6 is 0 Å². The summed E-state index contributed by atoms with van der Waals surface area (Å²) >= 11 is 0. The highest BCUT2D eigenvalue weighted by Gasteiger charge is 2.40. The van der Waals surface area contributed by atoms with Gasteiger partial charge in [-0.2, -0.15) is 0 Å². The lowest BCUT2D eigenvalue weighted by molar-refractivity contribution is -0.142. The van der Waals surface area contributed by atoms with Crippen molar-refractivity contribution >= 4 is 17.7 Å². The minimum atomic E-state index is -0.765. The number of nitrogens with one attached hydrogen (secondary N) is 2. The monoisotopic (exact) mass is 530 g/mol. The zero-order chi connectivity index (χ0) is 27.3. The highest BCUT2D eigenvalue weighted by molar-refractivity contribution is 5.99. The fraction of sp³-hybridized carbons (Fsp3) is 0.679. The van der Waals surface area contributed by atoms with Crippen molar-refractivity contribution in [3.8, 4) is 5.75 Å². The molecule has 1 aromatic rings. The summed E-state index contributed by atoms with van der Waals surface area (Å²) in [6, 6.07) is 5.67. The van der Waals surface area contributed by atoms with Gasteiger partial charge in [0.1, 0.15) is 18.0 Å². The Balaban J connectivity index is 1.43. The van der Waals surface area contributed by atoms with E-state index in [4.69, 9.17) is 9.47 Å². The Morgan fingerprint density at radius 2 is 1.87 bits per heavy atom. The van der Waals surface area contributed by atoms with Gasteiger partial charge in [0.25, 0.3) is 11.8 Å². The predicted octanol–water partition coefficient (Wildman–Crippen LogP) is 1.52. The highest BCUT2D eigenvalue weighted by Crippen LogP contribution is 2.34. The Morgan fingerprint density at radius 1 is 1.16 bits per heavy atom. The first kappa shape index (κ1) is 28.3. The van der Waals surface area contributed by atoms with E-state index in [-0.39, 0.29) is 41.5 Å². The molecule has 0 spiro atoms. The largest absolute Gasteiger partial charge is 0.483 e. The van der Waals surface area contributed by atoms with Crippen molar-refractivity contribution < 1.29 is 29.0 Å². The Labute approximate surface area is 225 Å². The predicted molar refractivity (Wildman–Crippen MR) is 142 cm³/mol. The van der Waals surface area contributed by atoms with Crippen LogP contribution in [0.2, 0.25) is 0 Å². The minimum absolute atomic E-state index is 0.148. The first-order valence-electron chi connectivity index (χ1n) is 13.8. The van der Waals surface area contributed by atoms with E-state index in [1.165, 1.54) is 0 Å². The van der Waals surface area contributed by atoms with E-state index < -0.39 is 18.2 Å². The van der Waals surface area contributed by atoms with Gasteiger partial charge in [-0.25, -0.2) is 0 Å². The van der Waals surface area contributed by atoms with Crippen LogP contribution in [0.3, 0.4) is 0 Å². The molecule has 1 saturated carbocycles. The summed E-state index contributed by atoms with van der Waals surface area (Å²) in [5, 5.41) is 16.9. The maximum Gasteiger partial charge on any atom is 0.258 e. The minimum Gasteiger partial charge on any atom is -0.483 e. The molecule has 0 radical (unpaired) electrons. The van der Waals surface area contributed by atoms with Crippen LogP contribution in [-0.4, -0.2) is 95.9 Å². The summed E-state index contributed by atoms with van der Waals surface area (Å²) in [6.45, 7) is 8.73. The number of rotatable bonds is 11. The number of amides is 3. The molecular weight excluding hydrogens is 488 g/mol. The third kappa shape index (κ3) is 7.24. The van der Waals surface area contributed by atoms with Crippen LogP contribution in [0, 0.1) is 5.92 Å². The lowest BCUT2D eigenvalue weighted by Crippen LogP contribution is -2.57. The van der Waals surface area contributed by atoms with Crippen LogP contribution in [0.1, 0.15) is 63.2 Å². The van der Waals surface area contributed by atoms with E-state index in [1.54, 1.807) is 29.2 Å². The number of para-hydroxylation sites is 1. The second-order valence-corrected chi connectivity index (χ2v) is 11.4. The van der Waals surface area contributed by atoms with Crippen LogP contribution in [0.4, 0.5) is 0 Å². The number of hydrogen-bond donors (Lipinski definition) is 3. The van der Waals surface area contributed by atoms with Gasteiger partial charge in [-0.05, 0) is 57.1 Å². The number of likely N-dealkylation sites (tertiary alicyclic amines) is 1. The van der Waals surface area contributed by atoms with E-state index in [0.29, 0.717) is 51.4 Å². The summed E-state index contributed by atoms with van der Waals surface area (Å²) in [5.41, 5.74) is 0.121. The fourth-order valence-corrected chi connectivity index (χ4v) is 5.20. The molecule has 210 valence electrons. The molecule has 2 aliphatic heterocycles. The smallest absolute Gasteiger partial charge is 0.258 e. The quantitative estimate of drug-likeness (QED) is 0.397. The number of carbonyl (C=O) groups is 3. The van der Waals surface area contributed by atoms with Crippen molar-refractivity contribution in [3.63, 3.8) is 0 Å². The van der Waals surface area contributed by atoms with E-state index >= 15 is 0 Å². The number of aliphatic hydroxyl groups excluding tert-OH is 1. The summed E-state index contributed by atoms with van der Waals surface area (Å²) in [7, 11) is 0. The molecule has 38 heavy (non-hydrogen) atoms. The summed E-state index contributed by atoms with van der Waals surface area (Å²) in [6.07, 6.45) is 3.11. The average Bonchev–Trinajstić information content (AvgIpc) is 3.42. The van der Waals surface area contributed by atoms with Crippen LogP contribution in [0.5, 0.6) is 5.75 Å². The van der Waals surface area contributed by atoms with Crippen molar-refractivity contribution in [2.75, 3.05) is 39.5 Å². The lowest BCUT2D eigenvalue weighted by Gasteiger charge is -2.38. The van der Waals surface area contributed by atoms with Crippen molar-refractivity contribution in [1.29, 1.82) is 0 Å². The van der Waals surface area contributed by atoms with Gasteiger partial charge in [-0.1, -0.05) is 26.0 Å². The number of benzene rings is 1. The van der Waals surface area contributed by atoms with Crippen molar-refractivity contribution in [2.24, 2.45) is 5.92 Å². The highest BCUT2D eigenvalue weighted by atomic mass is 16.5. The molecular formula is C28H42N4O6. The third-order valence-corrected chi connectivity index (χ3v) is 7.59. The van der Waals surface area contributed by atoms with E-state index in [1.807, 2.05) is 25.7 Å². The maximum absolute atomic E-state index is 13.8. The van der Waals surface area contributed by atoms with Gasteiger partial charge in [0.15, 0.2) is 6.61 Å². The average molecular weight is 531 g/mol. The summed E-state index contributed by atoms with van der Waals surface area (Å²) < 4.78 is 11.1. The molecule has 0 bridgehead atoms. The summed E-state index contributed by atoms with van der Waals surface area (Å²) in [4.78, 5) is 43.1. The SMILES string of the molecule is CC(C)C[C@@H](NC(=O)c1ccccc1OCC(=O)NC1(C)CC1)C(=O)N1CCC[C@H]1C(O)N1CCOCC1. The zero-order valence-electron chi connectivity index (χ0n) is 22.8. The molecule has 3 N–H and O–H groups in total. The van der Waals surface area contributed by atoms with Crippen LogP contribution in [0.15, 0.2) is 24.3 Å². The van der Waals surface area contributed by atoms with Crippen molar-refractivity contribution in [3.05, 3.63) is 29.8 Å². The molecule has 10 nitrogen and oxygen atoms in total. The number of carbonyl (C=O) groups excluding carboxylic acids is 3. The molecule has 2 saturated heterocycles. The first-order chi connectivity index (χ1) is 18.2. The van der Waals surface area contributed by atoms with Gasteiger partial charge in [-0.3, -0.25) is 19.3 Å². The van der Waals surface area contributed by atoms with E-state index in [9.17, 15) is 19.5 Å². The molecule has 3 amide bonds. The Bertz CT molecular complexity index is 991. The second kappa shape index (κ2) is 12.4. The van der Waals surface area contributed by atoms with Gasteiger partial charge in [0.05, 0.1) is 24.8 Å². The first-order valence-corrected chi connectivity index (χ1v) is 13.8. The van der Waals surface area contributed by atoms with Crippen molar-refractivity contribution in [2.45, 2.75) is 76.7 Å². The fourth-order valence-electron chi connectivity index (χ4n) is 5.20. The van der Waals surface area contributed by atoms with Gasteiger partial charge >= 0.3 is 0 Å². The number of aliphatic hydroxyl groups is 1. The van der Waals surface area contributed by atoms with Gasteiger partial charge < -0.3 is 30.1 Å². The number of morpholine rings is 1. The van der Waals surface area contributed by atoms with Gasteiger partial charge in [0.2, 0.25) is 5.91 Å². The topological polar surface area (TPSA) is 120 Å². The maximum atomic E-state index is 13.8. The van der Waals surface area contributed by atoms with E-state index in [2.05, 4.69) is 10.6 Å². The third-order valence-electron chi connectivity index (χ3n) is 7.59. The molecule has 3 fully saturated rings. The Kier molecular flexibility index (Phi) is 9.27. The Hall–Kier alpha value is -2.69. The molecule has 0 aromatic heterocycles. The molecule has 1 aromatic carbocycles. The Morgan fingerprint density at radius 3 is 2.55 bits per heavy atom. The molecule has 1 unspecified atom stereocenters. The molecule has 3 aliphatic rings. The molecule has 1 aliphatic carbocycles. The molecule has 2 heterocycles. The number of hydrogen-bond acceptors (Lipinski definition) is 7. The van der Waals surface area contributed by atoms with Gasteiger partial charge in [-0.15, -0.1) is 0 Å². The number of nitrogens with zero attached hydrogens (tertiary/aromatic N) is 2. The zero-order valence-corrected chi connectivity index (χ0v) is 22.8. The van der Waals surface area contributed by atoms with E-state index in [0.717, 1.165) is 19.3 Å². The molecule has 3 atom stereocenters. The summed E-state index contributed by atoms with van der Waals surface area (Å²) in [5.74, 6) is -0.394. The standard InChI is InChI=1S/C28H42N4O6/c1-19(2)17-21(26(35)32-12-6-8-22(32)27(36)31-13-15-37-16-14-31)29-25(34)20-7-4-5-9-23(20)38-18-24(33)30-28(3)10-11-28/h4-5,7,9,19,21-22,27,36H,6,8,10-18H2,1-3H3,(H,29,34)(H,30,33)/t21-,22+,27?/m1/s1.